The largest absolute Gasteiger partial charge is 0.507 e. The van der Waals surface area contributed by atoms with Crippen LogP contribution in [-0.2, 0) is 37.3 Å². The number of imidazole rings is 1. The van der Waals surface area contributed by atoms with Crippen LogP contribution in [0.4, 0.5) is 0 Å². The number of hydrogen-bond acceptors (Lipinski definition) is 3. The molecule has 5 heteroatoms. The maximum Gasteiger partial charge on any atom is 0.148 e. The number of fused-ring (bicyclic) bond motifs is 3. The van der Waals surface area contributed by atoms with Crippen LogP contribution in [-0.4, -0.2) is 19.6 Å². The fraction of sp³-hybridized carbons (Fsp3) is 0.188. The van der Waals surface area contributed by atoms with Crippen molar-refractivity contribution in [3.8, 4) is 78.6 Å². The monoisotopic (exact) mass is 1080 g/mol. The van der Waals surface area contributed by atoms with E-state index in [1.54, 1.807) is 0 Å². The van der Waals surface area contributed by atoms with Gasteiger partial charge in [0.15, 0.2) is 0 Å². The number of rotatable bonds is 7. The van der Waals surface area contributed by atoms with Gasteiger partial charge >= 0.3 is 0 Å². The van der Waals surface area contributed by atoms with Gasteiger partial charge in [0.1, 0.15) is 11.6 Å². The van der Waals surface area contributed by atoms with Crippen molar-refractivity contribution >= 4 is 21.8 Å². The fourth-order valence-electron chi connectivity index (χ4n) is 9.43. The van der Waals surface area contributed by atoms with E-state index in [0.29, 0.717) is 11.4 Å². The van der Waals surface area contributed by atoms with E-state index >= 15 is 0 Å². The number of aromatic hydroxyl groups is 1. The molecular weight excluding hydrogens is 1020 g/mol. The molecule has 0 fully saturated rings. The van der Waals surface area contributed by atoms with Gasteiger partial charge in [0, 0.05) is 49.5 Å². The Balaban J connectivity index is 0.00000593. The van der Waals surface area contributed by atoms with Crippen molar-refractivity contribution in [2.45, 2.75) is 78.6 Å². The molecule has 0 atom stereocenters. The molecule has 10 rings (SSSR count). The molecule has 0 amide bonds. The Morgan fingerprint density at radius 1 is 0.478 bits per heavy atom. The van der Waals surface area contributed by atoms with Crippen LogP contribution in [0.2, 0.25) is 0 Å². The molecule has 0 saturated heterocycles. The van der Waals surface area contributed by atoms with E-state index in [4.69, 9.17) is 9.97 Å². The molecule has 0 saturated carbocycles. The molecule has 2 aromatic heterocycles. The predicted molar refractivity (Wildman–Crippen MR) is 286 cm³/mol. The average Bonchev–Trinajstić information content (AvgIpc) is 3.74. The van der Waals surface area contributed by atoms with Crippen LogP contribution in [0.25, 0.3) is 94.6 Å². The normalized spacial score (nSPS) is 12.1. The molecule has 0 aliphatic carbocycles. The first-order chi connectivity index (χ1) is 32.5. The SMILES string of the molecule is CC(C)(C)c1ccc(-n2c(-c3cc(C(C)(C)C)cc(C(C)(C)C)c3O)nc3c(-c4[c-]c(-c5cc(-c6ccccc6)ccn5)cc(-c5ccccc5)c4)cc4ccccc4c32)c(-c2ccccc2)c1.[Pt]. The molecule has 0 aliphatic rings. The molecule has 0 aliphatic heterocycles. The maximum absolute atomic E-state index is 12.8. The summed E-state index contributed by atoms with van der Waals surface area (Å²) in [4.78, 5) is 10.8. The van der Waals surface area contributed by atoms with Crippen LogP contribution in [0.5, 0.6) is 5.75 Å². The van der Waals surface area contributed by atoms with E-state index in [9.17, 15) is 5.11 Å². The van der Waals surface area contributed by atoms with Crippen molar-refractivity contribution in [2.24, 2.45) is 0 Å². The second-order valence-corrected chi connectivity index (χ2v) is 21.2. The Morgan fingerprint density at radius 2 is 1.06 bits per heavy atom. The molecule has 1 N–H and O–H groups in total. The summed E-state index contributed by atoms with van der Waals surface area (Å²) in [6, 6.07) is 66.3. The molecule has 0 bridgehead atoms. The number of pyridine rings is 1. The van der Waals surface area contributed by atoms with Crippen LogP contribution in [0.1, 0.15) is 79.0 Å². The molecule has 0 unspecified atom stereocenters. The van der Waals surface area contributed by atoms with Crippen LogP contribution in [0.3, 0.4) is 0 Å². The van der Waals surface area contributed by atoms with Crippen molar-refractivity contribution in [1.82, 2.24) is 14.5 Å². The molecule has 8 aromatic carbocycles. The second-order valence-electron chi connectivity index (χ2n) is 21.2. The van der Waals surface area contributed by atoms with Gasteiger partial charge in [-0.3, -0.25) is 9.55 Å². The smallest absolute Gasteiger partial charge is 0.148 e. The summed E-state index contributed by atoms with van der Waals surface area (Å²) >= 11 is 0. The van der Waals surface area contributed by atoms with Gasteiger partial charge in [0.2, 0.25) is 0 Å². The molecule has 4 nitrogen and oxygen atoms in total. The zero-order valence-electron chi connectivity index (χ0n) is 40.9. The van der Waals surface area contributed by atoms with Gasteiger partial charge in [-0.15, -0.1) is 23.8 Å². The summed E-state index contributed by atoms with van der Waals surface area (Å²) in [5.41, 5.74) is 16.1. The summed E-state index contributed by atoms with van der Waals surface area (Å²) in [5, 5.41) is 14.9. The van der Waals surface area contributed by atoms with Gasteiger partial charge in [0.25, 0.3) is 0 Å². The number of phenols is 1. The topological polar surface area (TPSA) is 50.9 Å². The van der Waals surface area contributed by atoms with Gasteiger partial charge in [-0.25, -0.2) is 4.98 Å². The Bertz CT molecular complexity index is 3500. The summed E-state index contributed by atoms with van der Waals surface area (Å²) in [6.45, 7) is 20.0. The third kappa shape index (κ3) is 9.11. The number of nitrogens with zero attached hydrogens (tertiary/aromatic N) is 3. The molecular formula is C64H58N3OPt-. The minimum atomic E-state index is -0.354. The standard InChI is InChI=1S/C64H58N3O.Pt/c1-62(2,3)49-29-30-57(52(38-49)43-25-17-12-18-26-43)67-59-51-28-20-19-27-45(51)36-53(58(59)66-61(67)54-39-50(63(4,5)6)40-55(60(54)68)64(7,8)9)47-33-46(42-23-15-11-16-24-42)34-48(35-47)56-37-44(31-32-65-56)41-21-13-10-14-22-41;/h10-34,36-40,68H,1-9H3;/q-1;. The van der Waals surface area contributed by atoms with E-state index in [1.165, 1.54) is 5.56 Å². The van der Waals surface area contributed by atoms with E-state index in [2.05, 4.69) is 243 Å². The fourth-order valence-corrected chi connectivity index (χ4v) is 9.43. The molecule has 346 valence electrons. The summed E-state index contributed by atoms with van der Waals surface area (Å²) in [5.74, 6) is 0.911. The van der Waals surface area contributed by atoms with Crippen molar-refractivity contribution < 1.29 is 26.2 Å². The van der Waals surface area contributed by atoms with Gasteiger partial charge in [-0.1, -0.05) is 219 Å². The Hall–Kier alpha value is -6.87. The van der Waals surface area contributed by atoms with Crippen LogP contribution >= 0.6 is 0 Å². The third-order valence-corrected chi connectivity index (χ3v) is 13.3. The van der Waals surface area contributed by atoms with E-state index in [-0.39, 0.29) is 43.1 Å². The Kier molecular flexibility index (Phi) is 12.5. The maximum atomic E-state index is 12.8. The van der Waals surface area contributed by atoms with Crippen molar-refractivity contribution in [3.05, 3.63) is 205 Å². The molecule has 10 aromatic rings. The van der Waals surface area contributed by atoms with Gasteiger partial charge < -0.3 is 5.11 Å². The average molecular weight is 1080 g/mol. The zero-order chi connectivity index (χ0) is 47.5. The third-order valence-electron chi connectivity index (χ3n) is 13.3. The Labute approximate surface area is 422 Å². The van der Waals surface area contributed by atoms with Crippen LogP contribution in [0.15, 0.2) is 182 Å². The quantitative estimate of drug-likeness (QED) is 0.162. The first-order valence-electron chi connectivity index (χ1n) is 23.7. The number of phenolic OH excluding ortho intramolecular Hbond substituents is 1. The van der Waals surface area contributed by atoms with E-state index in [0.717, 1.165) is 94.4 Å². The van der Waals surface area contributed by atoms with Crippen LogP contribution < -0.4 is 0 Å². The summed E-state index contributed by atoms with van der Waals surface area (Å²) in [7, 11) is 0. The number of aromatic nitrogens is 3. The first-order valence-corrected chi connectivity index (χ1v) is 23.7. The van der Waals surface area contributed by atoms with Crippen molar-refractivity contribution in [1.29, 1.82) is 0 Å². The van der Waals surface area contributed by atoms with E-state index in [1.807, 2.05) is 12.3 Å². The first kappa shape index (κ1) is 47.2. The van der Waals surface area contributed by atoms with Gasteiger partial charge in [-0.2, -0.15) is 0 Å². The molecule has 0 radical (unpaired) electrons. The molecule has 2 heterocycles. The molecule has 69 heavy (non-hydrogen) atoms. The van der Waals surface area contributed by atoms with Gasteiger partial charge in [0.05, 0.1) is 22.3 Å². The minimum absolute atomic E-state index is 0. The van der Waals surface area contributed by atoms with E-state index < -0.39 is 0 Å². The van der Waals surface area contributed by atoms with Gasteiger partial charge in [-0.05, 0) is 79.3 Å². The zero-order valence-corrected chi connectivity index (χ0v) is 43.2. The Morgan fingerprint density at radius 3 is 1.70 bits per heavy atom. The number of benzene rings is 8. The van der Waals surface area contributed by atoms with Crippen molar-refractivity contribution in [2.75, 3.05) is 0 Å². The summed E-state index contributed by atoms with van der Waals surface area (Å²) in [6.07, 6.45) is 1.89. The number of hydrogen-bond donors (Lipinski definition) is 1. The second kappa shape index (κ2) is 18.2. The van der Waals surface area contributed by atoms with Crippen molar-refractivity contribution in [3.63, 3.8) is 0 Å². The van der Waals surface area contributed by atoms with Crippen LogP contribution in [0, 0.1) is 6.07 Å². The predicted octanol–water partition coefficient (Wildman–Crippen LogP) is 17.0. The summed E-state index contributed by atoms with van der Waals surface area (Å²) < 4.78 is 2.33. The minimum Gasteiger partial charge on any atom is -0.507 e. The molecule has 0 spiro atoms.